The second kappa shape index (κ2) is 7.41. The van der Waals surface area contributed by atoms with Gasteiger partial charge in [-0.3, -0.25) is 0 Å². The van der Waals surface area contributed by atoms with Gasteiger partial charge in [0.05, 0.1) is 22.2 Å². The molecule has 0 saturated heterocycles. The summed E-state index contributed by atoms with van der Waals surface area (Å²) in [6, 6.07) is 0. The lowest BCUT2D eigenvalue weighted by molar-refractivity contribution is -0.591. The van der Waals surface area contributed by atoms with Crippen molar-refractivity contribution in [1.82, 2.24) is 0 Å². The molecule has 0 aromatic carbocycles. The van der Waals surface area contributed by atoms with Crippen LogP contribution in [0.1, 0.15) is 101 Å². The highest BCUT2D eigenvalue weighted by atomic mass is 16.7. The van der Waals surface area contributed by atoms with Crippen LogP contribution in [0.15, 0.2) is 0 Å². The van der Waals surface area contributed by atoms with Crippen molar-refractivity contribution in [2.45, 2.75) is 137 Å². The van der Waals surface area contributed by atoms with Gasteiger partial charge in [0.15, 0.2) is 18.9 Å². The lowest BCUT2D eigenvalue weighted by atomic mass is 9.12. The Labute approximate surface area is 206 Å². The van der Waals surface area contributed by atoms with Crippen molar-refractivity contribution >= 4 is 0 Å². The number of rotatable bonds is 12. The molecule has 5 aliphatic rings. The zero-order chi connectivity index (χ0) is 25.0. The third-order valence-corrected chi connectivity index (χ3v) is 11.3. The highest BCUT2D eigenvalue weighted by Crippen LogP contribution is 2.95. The molecular weight excluding hydrogens is 432 g/mol. The van der Waals surface area contributed by atoms with Crippen molar-refractivity contribution in [3.63, 3.8) is 0 Å². The third kappa shape index (κ3) is 2.74. The monoisotopic (exact) mass is 480 g/mol. The lowest BCUT2D eigenvalue weighted by Crippen LogP contribution is -3.05. The van der Waals surface area contributed by atoms with Crippen LogP contribution < -0.4 is 0 Å². The molecule has 9 unspecified atom stereocenters. The number of hydrogen-bond donors (Lipinski definition) is 1. The zero-order valence-electron chi connectivity index (χ0n) is 23.0. The first-order chi connectivity index (χ1) is 15.7. The van der Waals surface area contributed by atoms with Crippen molar-refractivity contribution in [1.29, 1.82) is 0 Å². The molecule has 0 aromatic heterocycles. The third-order valence-electron chi connectivity index (χ3n) is 11.3. The summed E-state index contributed by atoms with van der Waals surface area (Å²) in [5.74, 6) is 0.502. The average molecular weight is 481 g/mol. The number of ether oxygens (including phenoxy) is 5. The summed E-state index contributed by atoms with van der Waals surface area (Å²) < 4.78 is 31.8. The summed E-state index contributed by atoms with van der Waals surface area (Å²) in [6.45, 7) is 20.5. The minimum Gasteiger partial charge on any atom is -0.367 e. The Morgan fingerprint density at radius 2 is 1.29 bits per heavy atom. The first-order valence-corrected chi connectivity index (χ1v) is 13.7. The van der Waals surface area contributed by atoms with E-state index in [0.717, 1.165) is 38.5 Å². The Balaban J connectivity index is 1.43. The van der Waals surface area contributed by atoms with Gasteiger partial charge in [0.2, 0.25) is 0 Å². The Morgan fingerprint density at radius 1 is 0.824 bits per heavy atom. The smallest absolute Gasteiger partial charge is 0.161 e. The number of hydrogen-bond acceptors (Lipinski definition) is 6. The molecule has 5 saturated carbocycles. The van der Waals surface area contributed by atoms with E-state index in [1.54, 1.807) is 0 Å². The van der Waals surface area contributed by atoms with Crippen LogP contribution in [0.3, 0.4) is 0 Å². The van der Waals surface area contributed by atoms with E-state index in [1.165, 1.54) is 0 Å². The van der Waals surface area contributed by atoms with Gasteiger partial charge in [0.1, 0.15) is 0 Å². The van der Waals surface area contributed by atoms with E-state index in [0.29, 0.717) is 19.1 Å². The predicted octanol–water partition coefficient (Wildman–Crippen LogP) is 5.41. The molecule has 5 rings (SSSR count). The number of aliphatic hydroxyl groups is 1. The van der Waals surface area contributed by atoms with Crippen molar-refractivity contribution < 1.29 is 28.8 Å². The van der Waals surface area contributed by atoms with Gasteiger partial charge in [0, 0.05) is 31.5 Å². The van der Waals surface area contributed by atoms with Crippen LogP contribution in [-0.2, 0) is 23.7 Å². The normalized spacial score (nSPS) is 45.2. The van der Waals surface area contributed by atoms with Crippen molar-refractivity contribution in [2.24, 2.45) is 27.6 Å². The fraction of sp³-hybridized carbons (Fsp3) is 1.00. The average Bonchev–Trinajstić information content (AvgIpc) is 3.42. The molecule has 5 fully saturated rings. The van der Waals surface area contributed by atoms with Gasteiger partial charge in [-0.25, -0.2) is 0 Å². The summed E-state index contributed by atoms with van der Waals surface area (Å²) in [4.78, 5) is 0. The van der Waals surface area contributed by atoms with Crippen LogP contribution in [0, 0.1) is 27.6 Å². The molecule has 0 amide bonds. The molecular formula is C28H48O6. The second-order valence-electron chi connectivity index (χ2n) is 13.5. The van der Waals surface area contributed by atoms with Crippen molar-refractivity contribution in [3.05, 3.63) is 0 Å². The predicted molar refractivity (Wildman–Crippen MR) is 129 cm³/mol. The summed E-state index contributed by atoms with van der Waals surface area (Å²) in [5, 5.41) is 11.8. The highest BCUT2D eigenvalue weighted by molar-refractivity contribution is 5.51. The van der Waals surface area contributed by atoms with Gasteiger partial charge in [0.25, 0.3) is 0 Å². The molecule has 0 heterocycles. The molecule has 9 atom stereocenters. The van der Waals surface area contributed by atoms with Crippen LogP contribution in [-0.4, -0.2) is 54.0 Å². The summed E-state index contributed by atoms with van der Waals surface area (Å²) >= 11 is 0. The first kappa shape index (κ1) is 25.4. The van der Waals surface area contributed by atoms with E-state index in [1.807, 2.05) is 27.7 Å². The first-order valence-electron chi connectivity index (χ1n) is 13.7. The van der Waals surface area contributed by atoms with Crippen LogP contribution in [0.25, 0.3) is 0 Å². The lowest BCUT2D eigenvalue weighted by Gasteiger charge is -2.96. The Bertz CT molecular complexity index is 791. The second-order valence-corrected chi connectivity index (χ2v) is 13.5. The zero-order valence-corrected chi connectivity index (χ0v) is 23.0. The summed E-state index contributed by atoms with van der Waals surface area (Å²) in [5.41, 5.74) is -1.54. The molecule has 1 spiro atoms. The topological polar surface area (TPSA) is 66.4 Å². The van der Waals surface area contributed by atoms with Crippen LogP contribution in [0.5, 0.6) is 0 Å². The van der Waals surface area contributed by atoms with Gasteiger partial charge in [-0.15, -0.1) is 0 Å². The van der Waals surface area contributed by atoms with Gasteiger partial charge in [-0.05, 0) is 70.1 Å². The molecule has 0 bridgehead atoms. The summed E-state index contributed by atoms with van der Waals surface area (Å²) in [7, 11) is 0. The maximum absolute atomic E-state index is 11.8. The minimum absolute atomic E-state index is 0.0910. The summed E-state index contributed by atoms with van der Waals surface area (Å²) in [6.07, 6.45) is 4.56. The molecule has 0 aromatic rings. The van der Waals surface area contributed by atoms with Crippen LogP contribution in [0.4, 0.5) is 0 Å². The van der Waals surface area contributed by atoms with E-state index in [9.17, 15) is 5.11 Å². The van der Waals surface area contributed by atoms with Gasteiger partial charge >= 0.3 is 0 Å². The van der Waals surface area contributed by atoms with E-state index < -0.39 is 11.9 Å². The van der Waals surface area contributed by atoms with Gasteiger partial charge in [-0.1, -0.05) is 34.6 Å². The van der Waals surface area contributed by atoms with E-state index in [2.05, 4.69) is 34.6 Å². The Kier molecular flexibility index (Phi) is 5.54. The minimum atomic E-state index is -0.833. The molecule has 1 N–H and O–H groups in total. The fourth-order valence-electron chi connectivity index (χ4n) is 9.40. The molecule has 0 radical (unpaired) electrons. The fourth-order valence-corrected chi connectivity index (χ4v) is 9.40. The van der Waals surface area contributed by atoms with Crippen LogP contribution >= 0.6 is 0 Å². The maximum Gasteiger partial charge on any atom is 0.161 e. The standard InChI is InChI=1S/C28H48O6/c1-10-30-18(3)32-25-14-20-15-26(17-27(16-25,28(20,25)26)33-19(4)31-11-2)34-21(29)24(9,22(5,6)7)23(8)12-13-23/h18-21,29H,10-17H2,1-9H3. The molecule has 6 heteroatoms. The van der Waals surface area contributed by atoms with E-state index in [4.69, 9.17) is 23.7 Å². The quantitative estimate of drug-likeness (QED) is 0.377. The molecule has 5 aliphatic carbocycles. The van der Waals surface area contributed by atoms with Crippen molar-refractivity contribution in [3.8, 4) is 0 Å². The van der Waals surface area contributed by atoms with E-state index >= 15 is 0 Å². The maximum atomic E-state index is 11.8. The molecule has 34 heavy (non-hydrogen) atoms. The largest absolute Gasteiger partial charge is 0.367 e. The van der Waals surface area contributed by atoms with Gasteiger partial charge < -0.3 is 28.8 Å². The van der Waals surface area contributed by atoms with Crippen molar-refractivity contribution in [2.75, 3.05) is 13.2 Å². The highest BCUT2D eigenvalue weighted by Gasteiger charge is 3.02. The van der Waals surface area contributed by atoms with E-state index in [-0.39, 0.29) is 45.4 Å². The Hall–Kier alpha value is -0.240. The number of aliphatic hydroxyl groups excluding tert-OH is 1. The molecule has 6 nitrogen and oxygen atoms in total. The Morgan fingerprint density at radius 3 is 1.71 bits per heavy atom. The molecule has 196 valence electrons. The van der Waals surface area contributed by atoms with Crippen LogP contribution in [0.2, 0.25) is 0 Å². The van der Waals surface area contributed by atoms with Gasteiger partial charge in [-0.2, -0.15) is 0 Å². The molecule has 0 aliphatic heterocycles. The SMILES string of the molecule is CCOC(C)OC12CC3CC4(OC(O)C(C)(C(C)(C)C)C5(C)CC5)CC(OC(C)OCC)(C1)C324.